The van der Waals surface area contributed by atoms with E-state index >= 15 is 0 Å². The fourth-order valence-electron chi connectivity index (χ4n) is 1.15. The molecule has 0 aliphatic heterocycles. The summed E-state index contributed by atoms with van der Waals surface area (Å²) in [6.45, 7) is 5.82. The number of halogens is 2. The molecule has 1 N–H and O–H groups in total. The lowest BCUT2D eigenvalue weighted by Gasteiger charge is -2.05. The van der Waals surface area contributed by atoms with Crippen LogP contribution in [0.4, 0.5) is 8.78 Å². The maximum absolute atomic E-state index is 12.8. The van der Waals surface area contributed by atoms with Crippen LogP contribution in [0.15, 0.2) is 30.4 Å². The molecule has 0 aromatic heterocycles. The van der Waals surface area contributed by atoms with Crippen molar-refractivity contribution in [3.63, 3.8) is 0 Å². The third-order valence-electron chi connectivity index (χ3n) is 1.94. The van der Waals surface area contributed by atoms with Crippen molar-refractivity contribution in [2.24, 2.45) is 0 Å². The van der Waals surface area contributed by atoms with Crippen molar-refractivity contribution in [2.45, 2.75) is 13.3 Å². The highest BCUT2D eigenvalue weighted by Crippen LogP contribution is 2.09. The Morgan fingerprint density at radius 1 is 1.38 bits per heavy atom. The smallest absolute Gasteiger partial charge is 0.224 e. The number of rotatable bonds is 4. The van der Waals surface area contributed by atoms with E-state index in [1.807, 2.05) is 0 Å². The van der Waals surface area contributed by atoms with E-state index in [0.717, 1.165) is 17.7 Å². The van der Waals surface area contributed by atoms with Gasteiger partial charge in [0.2, 0.25) is 5.91 Å². The first-order chi connectivity index (χ1) is 7.49. The summed E-state index contributed by atoms with van der Waals surface area (Å²) < 4.78 is 25.4. The highest BCUT2D eigenvalue weighted by molar-refractivity contribution is 5.78. The second kappa shape index (κ2) is 5.39. The van der Waals surface area contributed by atoms with Crippen LogP contribution < -0.4 is 5.32 Å². The van der Waals surface area contributed by atoms with Crippen molar-refractivity contribution in [3.8, 4) is 0 Å². The molecule has 0 radical (unpaired) electrons. The van der Waals surface area contributed by atoms with Gasteiger partial charge in [0.1, 0.15) is 0 Å². The summed E-state index contributed by atoms with van der Waals surface area (Å²) in [6.07, 6.45) is 0.0322. The lowest BCUT2D eigenvalue weighted by Crippen LogP contribution is -2.26. The van der Waals surface area contributed by atoms with E-state index in [1.165, 1.54) is 6.07 Å². The van der Waals surface area contributed by atoms with Crippen LogP contribution in [0.5, 0.6) is 0 Å². The van der Waals surface area contributed by atoms with Crippen LogP contribution in [-0.4, -0.2) is 12.5 Å². The number of hydrogen-bond donors (Lipinski definition) is 1. The molecule has 1 aromatic carbocycles. The molecule has 4 heteroatoms. The van der Waals surface area contributed by atoms with Crippen molar-refractivity contribution < 1.29 is 13.6 Å². The Morgan fingerprint density at radius 2 is 2.06 bits per heavy atom. The van der Waals surface area contributed by atoms with E-state index in [0.29, 0.717) is 12.1 Å². The molecule has 0 unspecified atom stereocenters. The van der Waals surface area contributed by atoms with Gasteiger partial charge in [0, 0.05) is 6.54 Å². The molecule has 1 aromatic rings. The fourth-order valence-corrected chi connectivity index (χ4v) is 1.15. The largest absolute Gasteiger partial charge is 0.352 e. The first-order valence-electron chi connectivity index (χ1n) is 4.84. The van der Waals surface area contributed by atoms with Gasteiger partial charge in [-0.15, -0.1) is 0 Å². The van der Waals surface area contributed by atoms with E-state index in [2.05, 4.69) is 11.9 Å². The molecule has 0 fully saturated rings. The number of carbonyl (C=O) groups is 1. The molecule has 0 spiro atoms. The van der Waals surface area contributed by atoms with Gasteiger partial charge < -0.3 is 5.32 Å². The lowest BCUT2D eigenvalue weighted by molar-refractivity contribution is -0.120. The third kappa shape index (κ3) is 3.81. The summed E-state index contributed by atoms with van der Waals surface area (Å²) in [5.74, 6) is -2.09. The van der Waals surface area contributed by atoms with Gasteiger partial charge in [-0.25, -0.2) is 8.78 Å². The number of amides is 1. The number of benzene rings is 1. The fraction of sp³-hybridized carbons (Fsp3) is 0.250. The minimum atomic E-state index is -0.940. The van der Waals surface area contributed by atoms with Gasteiger partial charge >= 0.3 is 0 Å². The van der Waals surface area contributed by atoms with Crippen LogP contribution >= 0.6 is 0 Å². The maximum atomic E-state index is 12.8. The second-order valence-electron chi connectivity index (χ2n) is 3.66. The molecule has 1 amide bonds. The molecular formula is C12H13F2NO. The molecule has 0 atom stereocenters. The molecule has 86 valence electrons. The Morgan fingerprint density at radius 3 is 2.62 bits per heavy atom. The predicted molar refractivity (Wildman–Crippen MR) is 57.9 cm³/mol. The van der Waals surface area contributed by atoms with Crippen molar-refractivity contribution in [2.75, 3.05) is 6.54 Å². The van der Waals surface area contributed by atoms with E-state index in [4.69, 9.17) is 0 Å². The molecule has 0 heterocycles. The Bertz CT molecular complexity index is 415. The zero-order chi connectivity index (χ0) is 12.1. The quantitative estimate of drug-likeness (QED) is 0.782. The van der Waals surface area contributed by atoms with E-state index in [-0.39, 0.29) is 12.3 Å². The minimum Gasteiger partial charge on any atom is -0.352 e. The number of hydrogen-bond acceptors (Lipinski definition) is 1. The molecule has 0 bridgehead atoms. The normalized spacial score (nSPS) is 9.94. The predicted octanol–water partition coefficient (Wildman–Crippen LogP) is 2.20. The molecule has 16 heavy (non-hydrogen) atoms. The SMILES string of the molecule is C=C(C)CNC(=O)Cc1ccc(F)c(F)c1. The van der Waals surface area contributed by atoms with Crippen LogP contribution in [0.3, 0.4) is 0 Å². The average molecular weight is 225 g/mol. The summed E-state index contributed by atoms with van der Waals surface area (Å²) in [5.41, 5.74) is 1.27. The van der Waals surface area contributed by atoms with Crippen LogP contribution in [0, 0.1) is 11.6 Å². The van der Waals surface area contributed by atoms with E-state index in [9.17, 15) is 13.6 Å². The third-order valence-corrected chi connectivity index (χ3v) is 1.94. The summed E-state index contributed by atoms with van der Waals surface area (Å²) in [6, 6.07) is 3.42. The zero-order valence-corrected chi connectivity index (χ0v) is 9.02. The molecular weight excluding hydrogens is 212 g/mol. The van der Waals surface area contributed by atoms with Crippen LogP contribution in [0.2, 0.25) is 0 Å². The van der Waals surface area contributed by atoms with Gasteiger partial charge in [-0.3, -0.25) is 4.79 Å². The topological polar surface area (TPSA) is 29.1 Å². The summed E-state index contributed by atoms with van der Waals surface area (Å²) in [7, 11) is 0. The van der Waals surface area contributed by atoms with Gasteiger partial charge in [-0.2, -0.15) is 0 Å². The van der Waals surface area contributed by atoms with Crippen molar-refractivity contribution in [1.82, 2.24) is 5.32 Å². The Balaban J connectivity index is 2.56. The monoisotopic (exact) mass is 225 g/mol. The minimum absolute atomic E-state index is 0.0322. The van der Waals surface area contributed by atoms with Crippen molar-refractivity contribution in [1.29, 1.82) is 0 Å². The van der Waals surface area contributed by atoms with E-state index < -0.39 is 11.6 Å². The van der Waals surface area contributed by atoms with Crippen LogP contribution in [-0.2, 0) is 11.2 Å². The Labute approximate surface area is 93.0 Å². The summed E-state index contributed by atoms with van der Waals surface area (Å²) in [4.78, 5) is 11.3. The molecule has 0 aliphatic rings. The highest BCUT2D eigenvalue weighted by atomic mass is 19.2. The van der Waals surface area contributed by atoms with Gasteiger partial charge in [-0.05, 0) is 24.6 Å². The summed E-state index contributed by atoms with van der Waals surface area (Å²) >= 11 is 0. The molecule has 1 rings (SSSR count). The van der Waals surface area contributed by atoms with Crippen molar-refractivity contribution >= 4 is 5.91 Å². The van der Waals surface area contributed by atoms with Gasteiger partial charge in [0.15, 0.2) is 11.6 Å². The Hall–Kier alpha value is -1.71. The maximum Gasteiger partial charge on any atom is 0.224 e. The van der Waals surface area contributed by atoms with Crippen LogP contribution in [0.25, 0.3) is 0 Å². The Kier molecular flexibility index (Phi) is 4.17. The van der Waals surface area contributed by atoms with Crippen LogP contribution in [0.1, 0.15) is 12.5 Å². The van der Waals surface area contributed by atoms with Crippen molar-refractivity contribution in [3.05, 3.63) is 47.5 Å². The molecule has 0 saturated carbocycles. The first kappa shape index (κ1) is 12.4. The standard InChI is InChI=1S/C12H13F2NO/c1-8(2)7-15-12(16)6-9-3-4-10(13)11(14)5-9/h3-5H,1,6-7H2,2H3,(H,15,16). The van der Waals surface area contributed by atoms with Gasteiger partial charge in [-0.1, -0.05) is 18.2 Å². The lowest BCUT2D eigenvalue weighted by atomic mass is 10.1. The number of carbonyl (C=O) groups excluding carboxylic acids is 1. The molecule has 2 nitrogen and oxygen atoms in total. The average Bonchev–Trinajstić information content (AvgIpc) is 2.21. The second-order valence-corrected chi connectivity index (χ2v) is 3.66. The molecule has 0 saturated heterocycles. The first-order valence-corrected chi connectivity index (χ1v) is 4.84. The molecule has 0 aliphatic carbocycles. The van der Waals surface area contributed by atoms with Gasteiger partial charge in [0.25, 0.3) is 0 Å². The number of nitrogens with one attached hydrogen (secondary N) is 1. The highest BCUT2D eigenvalue weighted by Gasteiger charge is 2.06. The van der Waals surface area contributed by atoms with E-state index in [1.54, 1.807) is 6.92 Å². The van der Waals surface area contributed by atoms with Gasteiger partial charge in [0.05, 0.1) is 6.42 Å². The summed E-state index contributed by atoms with van der Waals surface area (Å²) in [5, 5.41) is 2.61. The zero-order valence-electron chi connectivity index (χ0n) is 9.02.